The number of nitrogens with zero attached hydrogens (tertiary/aromatic N) is 3. The lowest BCUT2D eigenvalue weighted by atomic mass is 10.2. The standard InChI is InChI=1S/C18H19FN4O/c1-3-9-22-10-11-23(16-5-4-8-20-17(16)22)18(24)21-14-7-6-13(2)15(19)12-14/h3-8,12H,1,9-11H2,2H3,(H,21,24). The van der Waals surface area contributed by atoms with Crippen molar-refractivity contribution >= 4 is 23.2 Å². The van der Waals surface area contributed by atoms with Crippen LogP contribution in [0.4, 0.5) is 26.4 Å². The Morgan fingerprint density at radius 2 is 2.25 bits per heavy atom. The summed E-state index contributed by atoms with van der Waals surface area (Å²) in [5, 5.41) is 2.75. The van der Waals surface area contributed by atoms with Crippen LogP contribution in [-0.4, -0.2) is 30.6 Å². The fourth-order valence-electron chi connectivity index (χ4n) is 2.70. The second-order valence-corrected chi connectivity index (χ2v) is 5.63. The summed E-state index contributed by atoms with van der Waals surface area (Å²) in [6.07, 6.45) is 3.51. The summed E-state index contributed by atoms with van der Waals surface area (Å²) in [6, 6.07) is 8.00. The Labute approximate surface area is 140 Å². The fourth-order valence-corrected chi connectivity index (χ4v) is 2.70. The molecule has 0 aliphatic carbocycles. The molecular formula is C18H19FN4O. The van der Waals surface area contributed by atoms with Crippen LogP contribution in [0.2, 0.25) is 0 Å². The monoisotopic (exact) mass is 326 g/mol. The number of amides is 2. The highest BCUT2D eigenvalue weighted by Gasteiger charge is 2.27. The van der Waals surface area contributed by atoms with E-state index in [9.17, 15) is 9.18 Å². The molecule has 0 saturated carbocycles. The third-order valence-corrected chi connectivity index (χ3v) is 3.97. The molecule has 1 aromatic carbocycles. The number of nitrogens with one attached hydrogen (secondary N) is 1. The van der Waals surface area contributed by atoms with E-state index >= 15 is 0 Å². The number of aromatic nitrogens is 1. The summed E-state index contributed by atoms with van der Waals surface area (Å²) >= 11 is 0. The quantitative estimate of drug-likeness (QED) is 0.877. The molecule has 0 bridgehead atoms. The normalized spacial score (nSPS) is 13.4. The number of aryl methyl sites for hydroxylation is 1. The van der Waals surface area contributed by atoms with E-state index < -0.39 is 0 Å². The third-order valence-electron chi connectivity index (χ3n) is 3.97. The van der Waals surface area contributed by atoms with E-state index in [1.807, 2.05) is 12.1 Å². The van der Waals surface area contributed by atoms with Crippen LogP contribution in [0.3, 0.4) is 0 Å². The smallest absolute Gasteiger partial charge is 0.326 e. The van der Waals surface area contributed by atoms with Gasteiger partial charge in [-0.1, -0.05) is 12.1 Å². The van der Waals surface area contributed by atoms with E-state index in [1.165, 1.54) is 6.07 Å². The van der Waals surface area contributed by atoms with Gasteiger partial charge in [-0.05, 0) is 36.8 Å². The van der Waals surface area contributed by atoms with Crippen LogP contribution in [0.5, 0.6) is 0 Å². The van der Waals surface area contributed by atoms with Gasteiger partial charge in [-0.3, -0.25) is 4.90 Å². The van der Waals surface area contributed by atoms with E-state index in [0.717, 1.165) is 11.5 Å². The van der Waals surface area contributed by atoms with E-state index in [4.69, 9.17) is 0 Å². The minimum Gasteiger partial charge on any atom is -0.349 e. The van der Waals surface area contributed by atoms with E-state index in [1.54, 1.807) is 36.2 Å². The molecule has 2 heterocycles. The van der Waals surface area contributed by atoms with Gasteiger partial charge < -0.3 is 10.2 Å². The van der Waals surface area contributed by atoms with Crippen molar-refractivity contribution in [1.29, 1.82) is 0 Å². The van der Waals surface area contributed by atoms with Gasteiger partial charge in [-0.15, -0.1) is 6.58 Å². The molecule has 24 heavy (non-hydrogen) atoms. The number of carbonyl (C=O) groups is 1. The van der Waals surface area contributed by atoms with Crippen molar-refractivity contribution in [2.75, 3.05) is 34.8 Å². The summed E-state index contributed by atoms with van der Waals surface area (Å²) < 4.78 is 13.7. The predicted molar refractivity (Wildman–Crippen MR) is 94.1 cm³/mol. The fraction of sp³-hybridized carbons (Fsp3) is 0.222. The zero-order valence-electron chi connectivity index (χ0n) is 13.5. The number of fused-ring (bicyclic) bond motifs is 1. The molecule has 1 aliphatic heterocycles. The Morgan fingerprint density at radius 3 is 3.00 bits per heavy atom. The van der Waals surface area contributed by atoms with Crippen molar-refractivity contribution < 1.29 is 9.18 Å². The highest BCUT2D eigenvalue weighted by atomic mass is 19.1. The molecule has 0 radical (unpaired) electrons. The first-order valence-corrected chi connectivity index (χ1v) is 7.75. The molecule has 0 atom stereocenters. The third kappa shape index (κ3) is 3.08. The number of carbonyl (C=O) groups excluding carboxylic acids is 1. The number of hydrogen-bond donors (Lipinski definition) is 1. The van der Waals surface area contributed by atoms with Crippen LogP contribution >= 0.6 is 0 Å². The maximum Gasteiger partial charge on any atom is 0.326 e. The summed E-state index contributed by atoms with van der Waals surface area (Å²) in [6.45, 7) is 7.29. The van der Waals surface area contributed by atoms with Gasteiger partial charge in [0.1, 0.15) is 5.82 Å². The highest BCUT2D eigenvalue weighted by molar-refractivity contribution is 6.04. The van der Waals surface area contributed by atoms with Gasteiger partial charge in [0.05, 0.1) is 5.69 Å². The van der Waals surface area contributed by atoms with E-state index in [0.29, 0.717) is 30.9 Å². The second-order valence-electron chi connectivity index (χ2n) is 5.63. The molecule has 5 nitrogen and oxygen atoms in total. The van der Waals surface area contributed by atoms with Crippen molar-refractivity contribution in [2.24, 2.45) is 0 Å². The Balaban J connectivity index is 1.83. The van der Waals surface area contributed by atoms with Crippen molar-refractivity contribution in [1.82, 2.24) is 4.98 Å². The number of rotatable bonds is 3. The molecule has 1 N–H and O–H groups in total. The largest absolute Gasteiger partial charge is 0.349 e. The molecule has 3 rings (SSSR count). The molecule has 6 heteroatoms. The van der Waals surface area contributed by atoms with Gasteiger partial charge in [0.25, 0.3) is 0 Å². The van der Waals surface area contributed by atoms with Crippen LogP contribution in [0, 0.1) is 12.7 Å². The molecule has 0 spiro atoms. The van der Waals surface area contributed by atoms with Gasteiger partial charge in [0, 0.05) is 31.5 Å². The number of pyridine rings is 1. The number of urea groups is 1. The number of hydrogen-bond acceptors (Lipinski definition) is 3. The van der Waals surface area contributed by atoms with Crippen LogP contribution in [0.1, 0.15) is 5.56 Å². The van der Waals surface area contributed by atoms with Gasteiger partial charge in [0.2, 0.25) is 0 Å². The van der Waals surface area contributed by atoms with E-state index in [-0.39, 0.29) is 11.8 Å². The first-order valence-electron chi connectivity index (χ1n) is 7.75. The Bertz CT molecular complexity index is 777. The van der Waals surface area contributed by atoms with Gasteiger partial charge in [-0.25, -0.2) is 14.2 Å². The summed E-state index contributed by atoms with van der Waals surface area (Å²) in [4.78, 5) is 20.7. The molecule has 0 saturated heterocycles. The molecule has 124 valence electrons. The number of anilines is 3. The molecule has 1 aromatic heterocycles. The zero-order valence-corrected chi connectivity index (χ0v) is 13.5. The maximum absolute atomic E-state index is 13.7. The molecule has 0 fully saturated rings. The Morgan fingerprint density at radius 1 is 1.42 bits per heavy atom. The maximum atomic E-state index is 13.7. The average Bonchev–Trinajstić information content (AvgIpc) is 2.58. The van der Waals surface area contributed by atoms with Gasteiger partial charge >= 0.3 is 6.03 Å². The van der Waals surface area contributed by atoms with Gasteiger partial charge in [0.15, 0.2) is 5.82 Å². The van der Waals surface area contributed by atoms with Crippen LogP contribution < -0.4 is 15.1 Å². The molecular weight excluding hydrogens is 307 g/mol. The predicted octanol–water partition coefficient (Wildman–Crippen LogP) is 3.57. The lowest BCUT2D eigenvalue weighted by Gasteiger charge is -2.36. The topological polar surface area (TPSA) is 48.5 Å². The lowest BCUT2D eigenvalue weighted by Crippen LogP contribution is -2.46. The van der Waals surface area contributed by atoms with Crippen molar-refractivity contribution in [3.63, 3.8) is 0 Å². The first kappa shape index (κ1) is 16.0. The SMILES string of the molecule is C=CCN1CCN(C(=O)Nc2ccc(C)c(F)c2)c2cccnc21. The van der Waals surface area contributed by atoms with Gasteiger partial charge in [-0.2, -0.15) is 0 Å². The minimum absolute atomic E-state index is 0.300. The molecule has 1 aliphatic rings. The van der Waals surface area contributed by atoms with Crippen molar-refractivity contribution in [3.8, 4) is 0 Å². The molecule has 2 amide bonds. The summed E-state index contributed by atoms with van der Waals surface area (Å²) in [7, 11) is 0. The summed E-state index contributed by atoms with van der Waals surface area (Å²) in [5.74, 6) is 0.402. The lowest BCUT2D eigenvalue weighted by molar-refractivity contribution is 0.256. The number of benzene rings is 1. The summed E-state index contributed by atoms with van der Waals surface area (Å²) in [5.41, 5.74) is 1.71. The first-order chi connectivity index (χ1) is 11.6. The molecule has 0 unspecified atom stereocenters. The van der Waals surface area contributed by atoms with Crippen LogP contribution in [-0.2, 0) is 0 Å². The van der Waals surface area contributed by atoms with Crippen molar-refractivity contribution in [3.05, 3.63) is 60.6 Å². The zero-order chi connectivity index (χ0) is 17.1. The molecule has 2 aromatic rings. The number of halogens is 1. The van der Waals surface area contributed by atoms with Crippen LogP contribution in [0.15, 0.2) is 49.2 Å². The van der Waals surface area contributed by atoms with Crippen molar-refractivity contribution in [2.45, 2.75) is 6.92 Å². The Kier molecular flexibility index (Phi) is 4.46. The second kappa shape index (κ2) is 6.70. The van der Waals surface area contributed by atoms with E-state index in [2.05, 4.69) is 21.8 Å². The highest BCUT2D eigenvalue weighted by Crippen LogP contribution is 2.31. The van der Waals surface area contributed by atoms with Crippen LogP contribution in [0.25, 0.3) is 0 Å². The minimum atomic E-state index is -0.342. The average molecular weight is 326 g/mol. The Hall–Kier alpha value is -2.89.